The van der Waals surface area contributed by atoms with Crippen molar-refractivity contribution in [2.24, 2.45) is 0 Å². The van der Waals surface area contributed by atoms with Gasteiger partial charge in [-0.3, -0.25) is 4.79 Å². The van der Waals surface area contributed by atoms with Crippen molar-refractivity contribution in [2.75, 3.05) is 5.32 Å². The zero-order valence-corrected chi connectivity index (χ0v) is 17.3. The zero-order chi connectivity index (χ0) is 23.2. The summed E-state index contributed by atoms with van der Waals surface area (Å²) in [4.78, 5) is 17.1. The molecule has 5 rings (SSSR count). The minimum atomic E-state index is -4.55. The van der Waals surface area contributed by atoms with Crippen LogP contribution in [0.3, 0.4) is 0 Å². The Balaban J connectivity index is 1.65. The summed E-state index contributed by atoms with van der Waals surface area (Å²) in [6, 6.07) is 14.6. The number of aromatic nitrogens is 5. The van der Waals surface area contributed by atoms with E-state index in [-0.39, 0.29) is 23.8 Å². The molecule has 0 saturated heterocycles. The number of carbonyl (C=O) groups excluding carboxylic acids is 1. The van der Waals surface area contributed by atoms with E-state index < -0.39 is 23.6 Å². The molecule has 0 aliphatic carbocycles. The van der Waals surface area contributed by atoms with Crippen LogP contribution in [0.2, 0.25) is 0 Å². The number of benzene rings is 2. The summed E-state index contributed by atoms with van der Waals surface area (Å²) in [5, 5.41) is 15.2. The van der Waals surface area contributed by atoms with Gasteiger partial charge in [-0.2, -0.15) is 28.1 Å². The monoisotopic (exact) mass is 450 g/mol. The van der Waals surface area contributed by atoms with E-state index in [1.807, 2.05) is 30.3 Å². The van der Waals surface area contributed by atoms with E-state index >= 15 is 0 Å². The number of anilines is 1. The second-order valence-corrected chi connectivity index (χ2v) is 7.66. The number of amides is 1. The van der Waals surface area contributed by atoms with Gasteiger partial charge in [-0.15, -0.1) is 5.10 Å². The minimum absolute atomic E-state index is 0.0285. The van der Waals surface area contributed by atoms with Crippen LogP contribution in [0, 0.1) is 6.92 Å². The Kier molecular flexibility index (Phi) is 4.92. The molecular formula is C23H17F3N6O. The molecule has 0 unspecified atom stereocenters. The molecule has 1 N–H and O–H groups in total. The smallest absolute Gasteiger partial charge is 0.310 e. The molecule has 1 aliphatic rings. The second kappa shape index (κ2) is 7.80. The van der Waals surface area contributed by atoms with Gasteiger partial charge in [0, 0.05) is 23.5 Å². The molecule has 7 nitrogen and oxygen atoms in total. The van der Waals surface area contributed by atoms with Crippen LogP contribution in [-0.2, 0) is 11.0 Å². The average Bonchev–Trinajstić information content (AvgIpc) is 3.15. The van der Waals surface area contributed by atoms with E-state index in [0.717, 1.165) is 11.6 Å². The molecule has 33 heavy (non-hydrogen) atoms. The molecule has 0 bridgehead atoms. The molecule has 1 atom stereocenters. The number of aryl methyl sites for hydroxylation is 1. The molecule has 2 aromatic carbocycles. The Labute approximate surface area is 186 Å². The fourth-order valence-corrected chi connectivity index (χ4v) is 4.15. The Morgan fingerprint density at radius 1 is 1.06 bits per heavy atom. The van der Waals surface area contributed by atoms with Gasteiger partial charge < -0.3 is 5.32 Å². The number of hydrogen-bond acceptors (Lipinski definition) is 5. The summed E-state index contributed by atoms with van der Waals surface area (Å²) in [7, 11) is 0. The van der Waals surface area contributed by atoms with Crippen molar-refractivity contribution < 1.29 is 18.0 Å². The first-order valence-electron chi connectivity index (χ1n) is 10.1. The van der Waals surface area contributed by atoms with Crippen LogP contribution in [0.25, 0.3) is 17.2 Å². The number of carbonyl (C=O) groups is 1. The number of rotatable bonds is 3. The van der Waals surface area contributed by atoms with Crippen LogP contribution in [0.1, 0.15) is 34.7 Å². The maximum absolute atomic E-state index is 13.7. The predicted octanol–water partition coefficient (Wildman–Crippen LogP) is 4.53. The van der Waals surface area contributed by atoms with Crippen LogP contribution in [-0.4, -0.2) is 30.9 Å². The molecule has 0 fully saturated rings. The highest BCUT2D eigenvalue weighted by Gasteiger charge is 2.39. The molecule has 2 aromatic heterocycles. The molecule has 1 amide bonds. The van der Waals surface area contributed by atoms with Crippen molar-refractivity contribution in [3.05, 3.63) is 83.2 Å². The quantitative estimate of drug-likeness (QED) is 0.496. The average molecular weight is 450 g/mol. The SMILES string of the molecule is Cc1nn(-c2nncc(-c3ccccc3)n2)c2c1[C@@H](c1ccccc1C(F)(F)F)CC(=O)N2. The Morgan fingerprint density at radius 3 is 2.55 bits per heavy atom. The first kappa shape index (κ1) is 20.8. The van der Waals surface area contributed by atoms with Crippen molar-refractivity contribution in [3.63, 3.8) is 0 Å². The van der Waals surface area contributed by atoms with Gasteiger partial charge in [0.1, 0.15) is 5.82 Å². The third kappa shape index (κ3) is 3.73. The van der Waals surface area contributed by atoms with Crippen molar-refractivity contribution in [3.8, 4) is 17.2 Å². The Hall–Kier alpha value is -4.08. The molecule has 4 aromatic rings. The largest absolute Gasteiger partial charge is 0.416 e. The second-order valence-electron chi connectivity index (χ2n) is 7.66. The lowest BCUT2D eigenvalue weighted by atomic mass is 9.83. The molecule has 3 heterocycles. The molecule has 0 spiro atoms. The number of halogens is 3. The predicted molar refractivity (Wildman–Crippen MR) is 114 cm³/mol. The number of nitrogens with one attached hydrogen (secondary N) is 1. The highest BCUT2D eigenvalue weighted by molar-refractivity contribution is 5.95. The Bertz CT molecular complexity index is 1350. The lowest BCUT2D eigenvalue weighted by molar-refractivity contribution is -0.138. The van der Waals surface area contributed by atoms with Crippen molar-refractivity contribution in [2.45, 2.75) is 25.4 Å². The summed E-state index contributed by atoms with van der Waals surface area (Å²) in [5.41, 5.74) is 1.59. The van der Waals surface area contributed by atoms with Gasteiger partial charge in [0.05, 0.1) is 23.1 Å². The normalized spacial score (nSPS) is 15.8. The summed E-state index contributed by atoms with van der Waals surface area (Å²) < 4.78 is 42.4. The summed E-state index contributed by atoms with van der Waals surface area (Å²) in [6.45, 7) is 1.69. The van der Waals surface area contributed by atoms with E-state index in [2.05, 4.69) is 25.6 Å². The third-order valence-corrected chi connectivity index (χ3v) is 5.55. The Morgan fingerprint density at radius 2 is 1.79 bits per heavy atom. The van der Waals surface area contributed by atoms with Gasteiger partial charge in [0.25, 0.3) is 5.95 Å². The van der Waals surface area contributed by atoms with Crippen molar-refractivity contribution in [1.82, 2.24) is 25.0 Å². The first-order valence-corrected chi connectivity index (χ1v) is 10.1. The maximum Gasteiger partial charge on any atom is 0.416 e. The topological polar surface area (TPSA) is 85.6 Å². The van der Waals surface area contributed by atoms with Gasteiger partial charge in [0.2, 0.25) is 5.91 Å². The summed E-state index contributed by atoms with van der Waals surface area (Å²) >= 11 is 0. The highest BCUT2D eigenvalue weighted by Crippen LogP contribution is 2.44. The van der Waals surface area contributed by atoms with E-state index in [1.54, 1.807) is 6.92 Å². The highest BCUT2D eigenvalue weighted by atomic mass is 19.4. The molecule has 166 valence electrons. The number of hydrogen-bond donors (Lipinski definition) is 1. The van der Waals surface area contributed by atoms with Crippen LogP contribution in [0.4, 0.5) is 19.0 Å². The lowest BCUT2D eigenvalue weighted by Gasteiger charge is -2.26. The number of alkyl halides is 3. The van der Waals surface area contributed by atoms with Gasteiger partial charge >= 0.3 is 6.18 Å². The van der Waals surface area contributed by atoms with E-state index in [4.69, 9.17) is 0 Å². The fraction of sp³-hybridized carbons (Fsp3) is 0.174. The summed E-state index contributed by atoms with van der Waals surface area (Å²) in [5.74, 6) is -0.883. The van der Waals surface area contributed by atoms with Crippen LogP contribution < -0.4 is 5.32 Å². The molecule has 0 radical (unpaired) electrons. The van der Waals surface area contributed by atoms with Crippen molar-refractivity contribution in [1.29, 1.82) is 0 Å². The molecule has 0 saturated carbocycles. The van der Waals surface area contributed by atoms with E-state index in [0.29, 0.717) is 17.0 Å². The standard InChI is InChI=1S/C23H17F3N6O/c1-13-20-16(15-9-5-6-10-17(15)23(24,25)26)11-19(33)29-21(20)32(31-13)22-28-18(12-27-30-22)14-7-3-2-4-8-14/h2-10,12,16H,11H2,1H3,(H,29,33)/t16-/m1/s1. The van der Waals surface area contributed by atoms with E-state index in [9.17, 15) is 18.0 Å². The number of nitrogens with zero attached hydrogens (tertiary/aromatic N) is 5. The van der Waals surface area contributed by atoms with Gasteiger partial charge in [-0.1, -0.05) is 48.5 Å². The summed E-state index contributed by atoms with van der Waals surface area (Å²) in [6.07, 6.45) is -3.18. The third-order valence-electron chi connectivity index (χ3n) is 5.55. The lowest BCUT2D eigenvalue weighted by Crippen LogP contribution is -2.26. The zero-order valence-electron chi connectivity index (χ0n) is 17.3. The van der Waals surface area contributed by atoms with Crippen LogP contribution >= 0.6 is 0 Å². The van der Waals surface area contributed by atoms with Crippen molar-refractivity contribution >= 4 is 11.7 Å². The minimum Gasteiger partial charge on any atom is -0.310 e. The molecular weight excluding hydrogens is 433 g/mol. The first-order chi connectivity index (χ1) is 15.8. The molecule has 1 aliphatic heterocycles. The van der Waals surface area contributed by atoms with Crippen LogP contribution in [0.15, 0.2) is 60.8 Å². The maximum atomic E-state index is 13.7. The van der Waals surface area contributed by atoms with Gasteiger partial charge in [0.15, 0.2) is 0 Å². The van der Waals surface area contributed by atoms with Crippen LogP contribution in [0.5, 0.6) is 0 Å². The molecule has 10 heteroatoms. The fourth-order valence-electron chi connectivity index (χ4n) is 4.15. The van der Waals surface area contributed by atoms with Gasteiger partial charge in [-0.05, 0) is 18.6 Å². The van der Waals surface area contributed by atoms with E-state index in [1.165, 1.54) is 29.1 Å². The van der Waals surface area contributed by atoms with Gasteiger partial charge in [-0.25, -0.2) is 4.98 Å². The number of fused-ring (bicyclic) bond motifs is 1.